The number of nitrogens with two attached hydrogens (primary N) is 2. The molecule has 0 saturated carbocycles. The van der Waals surface area contributed by atoms with Crippen molar-refractivity contribution >= 4 is 35.3 Å². The van der Waals surface area contributed by atoms with Crippen LogP contribution in [0.3, 0.4) is 0 Å². The van der Waals surface area contributed by atoms with Gasteiger partial charge in [-0.15, -0.1) is 0 Å². The number of ketones is 2. The zero-order chi connectivity index (χ0) is 52.2. The van der Waals surface area contributed by atoms with Gasteiger partial charge in [0, 0.05) is 35.8 Å². The van der Waals surface area contributed by atoms with E-state index in [0.29, 0.717) is 11.1 Å². The fourth-order valence-corrected chi connectivity index (χ4v) is 8.84. The van der Waals surface area contributed by atoms with Gasteiger partial charge in [-0.2, -0.15) is 0 Å². The minimum Gasteiger partial charge on any atom is -0.464 e. The van der Waals surface area contributed by atoms with Crippen molar-refractivity contribution in [1.29, 1.82) is 0 Å². The Labute approximate surface area is 417 Å². The molecule has 0 bridgehead atoms. The first-order valence-electron chi connectivity index (χ1n) is 24.1. The second-order valence-corrected chi connectivity index (χ2v) is 18.9. The Morgan fingerprint density at radius 3 is 1.28 bits per heavy atom. The molecule has 4 aromatic carbocycles. The third kappa shape index (κ3) is 13.6. The van der Waals surface area contributed by atoms with Crippen LogP contribution < -0.4 is 22.1 Å². The number of hydrogen-bond acceptors (Lipinski definition) is 14. The molecule has 0 heterocycles. The number of hydrogen-bond donors (Lipinski definition) is 6. The largest absolute Gasteiger partial charge is 0.464 e. The van der Waals surface area contributed by atoms with Crippen LogP contribution in [0.25, 0.3) is 0 Å². The van der Waals surface area contributed by atoms with Crippen LogP contribution in [0.4, 0.5) is 8.78 Å². The number of rotatable bonds is 25. The minimum atomic E-state index is -2.33. The number of aliphatic hydroxyl groups excluding tert-OH is 2. The van der Waals surface area contributed by atoms with Crippen molar-refractivity contribution in [3.8, 4) is 0 Å². The summed E-state index contributed by atoms with van der Waals surface area (Å²) in [5, 5.41) is 29.9. The van der Waals surface area contributed by atoms with Gasteiger partial charge >= 0.3 is 11.9 Å². The molecule has 0 saturated heterocycles. The molecule has 0 radical (unpaired) electrons. The van der Waals surface area contributed by atoms with Crippen molar-refractivity contribution in [2.75, 3.05) is 13.2 Å². The van der Waals surface area contributed by atoms with Crippen LogP contribution in [0, 0.1) is 35.3 Å². The highest BCUT2D eigenvalue weighted by atomic mass is 19.1. The third-order valence-electron chi connectivity index (χ3n) is 13.3. The number of ether oxygens (including phenoxy) is 4. The number of fused-ring (bicyclic) bond motifs is 2. The van der Waals surface area contributed by atoms with Gasteiger partial charge in [0.05, 0.1) is 38.5 Å². The van der Waals surface area contributed by atoms with Crippen LogP contribution in [0.15, 0.2) is 97.1 Å². The van der Waals surface area contributed by atoms with Gasteiger partial charge < -0.3 is 51.3 Å². The number of nitrogens with one attached hydrogen (secondary N) is 2. The van der Waals surface area contributed by atoms with Crippen molar-refractivity contribution in [3.63, 3.8) is 0 Å². The molecule has 386 valence electrons. The summed E-state index contributed by atoms with van der Waals surface area (Å²) in [6.07, 6.45) is -8.89. The molecule has 10 atom stereocenters. The lowest BCUT2D eigenvalue weighted by molar-refractivity contribution is -0.171. The lowest BCUT2D eigenvalue weighted by Gasteiger charge is -2.33. The van der Waals surface area contributed by atoms with Gasteiger partial charge in [-0.05, 0) is 59.1 Å². The summed E-state index contributed by atoms with van der Waals surface area (Å²) in [7, 11) is 0. The number of carbonyl (C=O) groups excluding carboxylic acids is 6. The maximum atomic E-state index is 15.0. The Bertz CT molecular complexity index is 2390. The van der Waals surface area contributed by atoms with Crippen LogP contribution in [0.2, 0.25) is 0 Å². The van der Waals surface area contributed by atoms with Gasteiger partial charge in [0.25, 0.3) is 11.8 Å². The number of halogens is 2. The Morgan fingerprint density at radius 1 is 0.569 bits per heavy atom. The molecule has 72 heavy (non-hydrogen) atoms. The molecule has 16 nitrogen and oxygen atoms in total. The van der Waals surface area contributed by atoms with E-state index >= 15 is 8.78 Å². The van der Waals surface area contributed by atoms with E-state index in [1.54, 1.807) is 76.2 Å². The maximum Gasteiger partial charge on any atom is 0.323 e. The van der Waals surface area contributed by atoms with Gasteiger partial charge in [0.2, 0.25) is 0 Å². The molecule has 8 N–H and O–H groups in total. The van der Waals surface area contributed by atoms with E-state index in [-0.39, 0.29) is 73.4 Å². The smallest absolute Gasteiger partial charge is 0.323 e. The van der Waals surface area contributed by atoms with Crippen molar-refractivity contribution in [2.45, 2.75) is 115 Å². The number of Topliss-reactive ketones (excluding diaryl/α,β-unsaturated/α-hetero) is 2. The van der Waals surface area contributed by atoms with E-state index in [0.717, 1.165) is 23.3 Å². The van der Waals surface area contributed by atoms with Gasteiger partial charge in [-0.25, -0.2) is 8.78 Å². The lowest BCUT2D eigenvalue weighted by atomic mass is 9.92. The summed E-state index contributed by atoms with van der Waals surface area (Å²) in [6.45, 7) is 5.24. The predicted octanol–water partition coefficient (Wildman–Crippen LogP) is 4.19. The van der Waals surface area contributed by atoms with Crippen molar-refractivity contribution in [2.24, 2.45) is 35.1 Å². The third-order valence-corrected chi connectivity index (χ3v) is 13.3. The van der Waals surface area contributed by atoms with Gasteiger partial charge in [0.15, 0.2) is 12.2 Å². The van der Waals surface area contributed by atoms with Crippen LogP contribution in [0.5, 0.6) is 0 Å². The molecule has 2 aliphatic carbocycles. The number of aliphatic hydroxyl groups is 2. The van der Waals surface area contributed by atoms with E-state index < -0.39 is 109 Å². The summed E-state index contributed by atoms with van der Waals surface area (Å²) >= 11 is 0. The molecule has 0 aromatic heterocycles. The summed E-state index contributed by atoms with van der Waals surface area (Å²) in [5.41, 5.74) is 14.4. The summed E-state index contributed by atoms with van der Waals surface area (Å²) in [6, 6.07) is 21.1. The first kappa shape index (κ1) is 55.0. The summed E-state index contributed by atoms with van der Waals surface area (Å²) in [5.74, 6) is -7.83. The average molecular weight is 999 g/mol. The minimum absolute atomic E-state index is 0.0266. The lowest BCUT2D eigenvalue weighted by Crippen LogP contribution is -2.57. The number of benzene rings is 4. The molecule has 4 aromatic rings. The van der Waals surface area contributed by atoms with Crippen LogP contribution in [0.1, 0.15) is 86.0 Å². The van der Waals surface area contributed by atoms with Gasteiger partial charge in [-0.1, -0.05) is 113 Å². The van der Waals surface area contributed by atoms with Crippen molar-refractivity contribution in [1.82, 2.24) is 10.6 Å². The van der Waals surface area contributed by atoms with Crippen molar-refractivity contribution in [3.05, 3.63) is 142 Å². The van der Waals surface area contributed by atoms with E-state index in [2.05, 4.69) is 10.6 Å². The molecule has 6 rings (SSSR count). The molecule has 0 aliphatic heterocycles. The van der Waals surface area contributed by atoms with Gasteiger partial charge in [-0.3, -0.25) is 28.8 Å². The molecule has 0 unspecified atom stereocenters. The molecule has 2 amide bonds. The second-order valence-electron chi connectivity index (χ2n) is 18.9. The van der Waals surface area contributed by atoms with Crippen molar-refractivity contribution < 1.29 is 66.7 Å². The Morgan fingerprint density at radius 2 is 0.917 bits per heavy atom. The average Bonchev–Trinajstić information content (AvgIpc) is 3.92. The topological polar surface area (TPSA) is 256 Å². The monoisotopic (exact) mass is 998 g/mol. The quantitative estimate of drug-likeness (QED) is 0.0510. The Balaban J connectivity index is 1.28. The highest BCUT2D eigenvalue weighted by molar-refractivity contribution is 5.89. The fraction of sp³-hybridized carbons (Fsp3) is 0.444. The summed E-state index contributed by atoms with van der Waals surface area (Å²) in [4.78, 5) is 82.0. The number of amides is 2. The standard InChI is InChI=1S/C54H64F2N4O12/c1-29(2)43(57)53(67)69-23-21-41(61)37-25-31-13-5-9-17-35(31)45(37)59-51(65)49(71-27-33-15-7-11-19-39(33)55)47(63)48(64)50(72-28-34-16-8-12-20-40(34)56)52(66)60-46-36-18-10-6-14-32(36)26-38(46)42(62)22-24-70-54(68)44(58)30(3)4/h5-20,29-30,37-38,43-50,63-64H,21-28,57-58H2,1-4H3,(H,59,65)(H,60,66)/t37-,38-,43-,44-,45+,46+,47+,48+,49+,50+/m0/s1. The Kier molecular flexibility index (Phi) is 19.4. The molecular weight excluding hydrogens is 935 g/mol. The van der Waals surface area contributed by atoms with Crippen LogP contribution >= 0.6 is 0 Å². The number of carbonyl (C=O) groups is 6. The van der Waals surface area contributed by atoms with Crippen LogP contribution in [-0.2, 0) is 73.8 Å². The summed E-state index contributed by atoms with van der Waals surface area (Å²) < 4.78 is 52.5. The SMILES string of the molecule is CC(C)[C@H](N)C(=O)OCCC(=O)[C@@H]1Cc2ccccc2[C@H]1NC(=O)[C@H](OCc1ccccc1F)[C@H](O)[C@@H](O)[C@@H](OCc1ccccc1F)C(=O)N[C@@H]1c2ccccc2C[C@H]1C(=O)CCOC(=O)[C@@H](N)C(C)C. The van der Waals surface area contributed by atoms with E-state index in [1.165, 1.54) is 36.4 Å². The first-order valence-corrected chi connectivity index (χ1v) is 24.1. The zero-order valence-corrected chi connectivity index (χ0v) is 40.7. The van der Waals surface area contributed by atoms with E-state index in [1.807, 2.05) is 0 Å². The van der Waals surface area contributed by atoms with Gasteiger partial charge in [0.1, 0.15) is 47.5 Å². The predicted molar refractivity (Wildman–Crippen MR) is 258 cm³/mol. The molecule has 0 spiro atoms. The maximum absolute atomic E-state index is 15.0. The molecule has 2 aliphatic rings. The zero-order valence-electron chi connectivity index (χ0n) is 40.7. The normalized spacial score (nSPS) is 19.6. The Hall–Kier alpha value is -6.28. The molecule has 18 heteroatoms. The molecular formula is C54H64F2N4O12. The highest BCUT2D eigenvalue weighted by Crippen LogP contribution is 2.39. The first-order chi connectivity index (χ1) is 34.4. The second kappa shape index (κ2) is 25.4. The molecule has 0 fully saturated rings. The van der Waals surface area contributed by atoms with E-state index in [4.69, 9.17) is 30.4 Å². The van der Waals surface area contributed by atoms with E-state index in [9.17, 15) is 39.0 Å². The number of esters is 2. The van der Waals surface area contributed by atoms with Crippen LogP contribution in [-0.4, -0.2) is 95.2 Å². The fourth-order valence-electron chi connectivity index (χ4n) is 8.84. The highest BCUT2D eigenvalue weighted by Gasteiger charge is 2.46.